The van der Waals surface area contributed by atoms with Crippen molar-refractivity contribution in [2.45, 2.75) is 34.6 Å². The minimum atomic E-state index is -0.196. The first kappa shape index (κ1) is 19.1. The molecular formula is C17H23ClN2O. The number of anilines is 1. The molecule has 2 rings (SSSR count). The van der Waals surface area contributed by atoms with Gasteiger partial charge in [0, 0.05) is 11.9 Å². The van der Waals surface area contributed by atoms with Crippen molar-refractivity contribution in [3.63, 3.8) is 0 Å². The second-order valence-electron chi connectivity index (χ2n) is 3.69. The molecule has 0 saturated heterocycles. The van der Waals surface area contributed by atoms with Gasteiger partial charge in [-0.1, -0.05) is 57.0 Å². The zero-order chi connectivity index (χ0) is 16.3. The summed E-state index contributed by atoms with van der Waals surface area (Å²) in [6, 6.07) is 10.8. The number of halogens is 1. The van der Waals surface area contributed by atoms with Crippen LogP contribution in [0.25, 0.3) is 0 Å². The highest BCUT2D eigenvalue weighted by molar-refractivity contribution is 6.29. The fourth-order valence-corrected chi connectivity index (χ4v) is 1.46. The number of nitrogens with zero attached hydrogens (tertiary/aromatic N) is 1. The summed E-state index contributed by atoms with van der Waals surface area (Å²) in [6.45, 7) is 9.99. The minimum absolute atomic E-state index is 0.196. The number of aromatic nitrogens is 1. The minimum Gasteiger partial charge on any atom is -0.322 e. The van der Waals surface area contributed by atoms with Crippen LogP contribution in [-0.4, -0.2) is 10.9 Å². The lowest BCUT2D eigenvalue weighted by Gasteiger charge is -2.05. The first-order chi connectivity index (χ1) is 10.1. The van der Waals surface area contributed by atoms with Gasteiger partial charge in [0.25, 0.3) is 5.91 Å². The number of hydrogen-bond donors (Lipinski definition) is 1. The van der Waals surface area contributed by atoms with E-state index < -0.39 is 0 Å². The Hall–Kier alpha value is -1.87. The quantitative estimate of drug-likeness (QED) is 0.760. The van der Waals surface area contributed by atoms with Crippen molar-refractivity contribution in [2.75, 3.05) is 5.32 Å². The summed E-state index contributed by atoms with van der Waals surface area (Å²) in [5.74, 6) is -0.196. The van der Waals surface area contributed by atoms with Gasteiger partial charge in [-0.15, -0.1) is 0 Å². The average Bonchev–Trinajstić information content (AvgIpc) is 2.54. The van der Waals surface area contributed by atoms with Crippen LogP contribution in [0.15, 0.2) is 42.6 Å². The highest BCUT2D eigenvalue weighted by atomic mass is 35.5. The molecule has 4 heteroatoms. The van der Waals surface area contributed by atoms with Gasteiger partial charge in [-0.25, -0.2) is 4.98 Å². The summed E-state index contributed by atoms with van der Waals surface area (Å²) in [7, 11) is 0. The van der Waals surface area contributed by atoms with Gasteiger partial charge < -0.3 is 5.32 Å². The number of carbonyl (C=O) groups excluding carboxylic acids is 1. The van der Waals surface area contributed by atoms with Crippen molar-refractivity contribution < 1.29 is 4.79 Å². The number of nitrogens with one attached hydrogen (secondary N) is 1. The van der Waals surface area contributed by atoms with Crippen LogP contribution in [0.3, 0.4) is 0 Å². The van der Waals surface area contributed by atoms with Crippen molar-refractivity contribution in [1.82, 2.24) is 4.98 Å². The first-order valence-electron chi connectivity index (χ1n) is 7.15. The Morgan fingerprint density at radius 1 is 1.00 bits per heavy atom. The van der Waals surface area contributed by atoms with Gasteiger partial charge in [0.1, 0.15) is 5.15 Å². The monoisotopic (exact) mass is 306 g/mol. The van der Waals surface area contributed by atoms with Gasteiger partial charge >= 0.3 is 0 Å². The van der Waals surface area contributed by atoms with Gasteiger partial charge in [0.05, 0.1) is 5.56 Å². The van der Waals surface area contributed by atoms with E-state index in [0.717, 1.165) is 11.3 Å². The number of hydrogen-bond acceptors (Lipinski definition) is 2. The van der Waals surface area contributed by atoms with Crippen LogP contribution < -0.4 is 5.32 Å². The van der Waals surface area contributed by atoms with Gasteiger partial charge in [0.2, 0.25) is 0 Å². The summed E-state index contributed by atoms with van der Waals surface area (Å²) in [4.78, 5) is 15.7. The van der Waals surface area contributed by atoms with Crippen LogP contribution in [0.5, 0.6) is 0 Å². The smallest absolute Gasteiger partial charge is 0.257 e. The number of benzene rings is 1. The Morgan fingerprint density at radius 3 is 2.05 bits per heavy atom. The molecule has 0 aliphatic rings. The topological polar surface area (TPSA) is 42.0 Å². The predicted molar refractivity (Wildman–Crippen MR) is 91.1 cm³/mol. The Bertz CT molecular complexity index is 521. The van der Waals surface area contributed by atoms with Crippen LogP contribution in [-0.2, 0) is 0 Å². The molecule has 21 heavy (non-hydrogen) atoms. The van der Waals surface area contributed by atoms with Gasteiger partial charge in [-0.05, 0) is 31.2 Å². The SMILES string of the molecule is CC.CC.Cc1ccc(NC(=O)c2ccc(Cl)nc2)cc1. The summed E-state index contributed by atoms with van der Waals surface area (Å²) in [5, 5.41) is 3.15. The third kappa shape index (κ3) is 6.91. The summed E-state index contributed by atoms with van der Waals surface area (Å²) >= 11 is 5.65. The lowest BCUT2D eigenvalue weighted by molar-refractivity contribution is 0.102. The molecule has 2 aromatic rings. The molecule has 0 aliphatic heterocycles. The highest BCUT2D eigenvalue weighted by Gasteiger charge is 2.05. The molecule has 1 heterocycles. The van der Waals surface area contributed by atoms with E-state index in [1.165, 1.54) is 6.20 Å². The number of pyridine rings is 1. The van der Waals surface area contributed by atoms with Crippen LogP contribution in [0.2, 0.25) is 5.15 Å². The van der Waals surface area contributed by atoms with E-state index in [-0.39, 0.29) is 5.91 Å². The van der Waals surface area contributed by atoms with Crippen molar-refractivity contribution in [3.05, 3.63) is 58.9 Å². The van der Waals surface area contributed by atoms with Crippen molar-refractivity contribution >= 4 is 23.2 Å². The standard InChI is InChI=1S/C13H11ClN2O.2C2H6/c1-9-2-5-11(6-3-9)16-13(17)10-4-7-12(14)15-8-10;2*1-2/h2-8H,1H3,(H,16,17);2*1-2H3. The molecule has 1 aromatic carbocycles. The lowest BCUT2D eigenvalue weighted by atomic mass is 10.2. The number of aryl methyl sites for hydroxylation is 1. The van der Waals surface area contributed by atoms with Gasteiger partial charge in [-0.2, -0.15) is 0 Å². The van der Waals surface area contributed by atoms with Gasteiger partial charge in [-0.3, -0.25) is 4.79 Å². The molecule has 0 fully saturated rings. The van der Waals surface area contributed by atoms with E-state index in [1.807, 2.05) is 58.9 Å². The molecule has 0 unspecified atom stereocenters. The fraction of sp³-hybridized carbons (Fsp3) is 0.294. The maximum Gasteiger partial charge on any atom is 0.257 e. The third-order valence-corrected chi connectivity index (χ3v) is 2.52. The fourth-order valence-electron chi connectivity index (χ4n) is 1.35. The molecular weight excluding hydrogens is 284 g/mol. The molecule has 1 aromatic heterocycles. The molecule has 0 atom stereocenters. The van der Waals surface area contributed by atoms with E-state index in [2.05, 4.69) is 10.3 Å². The highest BCUT2D eigenvalue weighted by Crippen LogP contribution is 2.11. The Balaban J connectivity index is 0.000000921. The molecule has 1 amide bonds. The largest absolute Gasteiger partial charge is 0.322 e. The van der Waals surface area contributed by atoms with Gasteiger partial charge in [0.15, 0.2) is 0 Å². The Kier molecular flexibility index (Phi) is 9.90. The van der Waals surface area contributed by atoms with Crippen molar-refractivity contribution in [1.29, 1.82) is 0 Å². The van der Waals surface area contributed by atoms with Crippen molar-refractivity contribution in [3.8, 4) is 0 Å². The van der Waals surface area contributed by atoms with E-state index in [9.17, 15) is 4.79 Å². The lowest BCUT2D eigenvalue weighted by Crippen LogP contribution is -2.11. The molecule has 1 N–H and O–H groups in total. The molecule has 0 radical (unpaired) electrons. The summed E-state index contributed by atoms with van der Waals surface area (Å²) in [5.41, 5.74) is 2.39. The van der Waals surface area contributed by atoms with Crippen LogP contribution in [0, 0.1) is 6.92 Å². The third-order valence-electron chi connectivity index (χ3n) is 2.30. The van der Waals surface area contributed by atoms with Crippen molar-refractivity contribution in [2.24, 2.45) is 0 Å². The molecule has 0 aliphatic carbocycles. The summed E-state index contributed by atoms with van der Waals surface area (Å²) < 4.78 is 0. The maximum atomic E-state index is 11.8. The van der Waals surface area contributed by atoms with Crippen LogP contribution >= 0.6 is 11.6 Å². The Morgan fingerprint density at radius 2 is 1.57 bits per heavy atom. The molecule has 0 spiro atoms. The zero-order valence-corrected chi connectivity index (χ0v) is 14.0. The van der Waals surface area contributed by atoms with Crippen LogP contribution in [0.1, 0.15) is 43.6 Å². The number of carbonyl (C=O) groups is 1. The number of amides is 1. The Labute approximate surface area is 132 Å². The van der Waals surface area contributed by atoms with Crippen LogP contribution in [0.4, 0.5) is 5.69 Å². The molecule has 3 nitrogen and oxygen atoms in total. The molecule has 0 saturated carbocycles. The second-order valence-corrected chi connectivity index (χ2v) is 4.08. The predicted octanol–water partition coefficient (Wildman–Crippen LogP) is 5.35. The number of rotatable bonds is 2. The van der Waals surface area contributed by atoms with E-state index in [4.69, 9.17) is 11.6 Å². The molecule has 114 valence electrons. The molecule has 0 bridgehead atoms. The van der Waals surface area contributed by atoms with E-state index >= 15 is 0 Å². The second kappa shape index (κ2) is 10.9. The first-order valence-corrected chi connectivity index (χ1v) is 7.52. The zero-order valence-electron chi connectivity index (χ0n) is 13.3. The van der Waals surface area contributed by atoms with E-state index in [0.29, 0.717) is 10.7 Å². The average molecular weight is 307 g/mol. The maximum absolute atomic E-state index is 11.8. The normalized spacial score (nSPS) is 8.67. The summed E-state index contributed by atoms with van der Waals surface area (Å²) in [6.07, 6.45) is 1.45. The van der Waals surface area contributed by atoms with E-state index in [1.54, 1.807) is 12.1 Å².